The molecule has 25 heavy (non-hydrogen) atoms. The van der Waals surface area contributed by atoms with Crippen LogP contribution in [0.5, 0.6) is 0 Å². The van der Waals surface area contributed by atoms with Crippen LogP contribution in [0.4, 0.5) is 0 Å². The predicted molar refractivity (Wildman–Crippen MR) is 92.2 cm³/mol. The molecule has 1 aliphatic heterocycles. The lowest BCUT2D eigenvalue weighted by Crippen LogP contribution is -2.37. The fourth-order valence-electron chi connectivity index (χ4n) is 3.25. The summed E-state index contributed by atoms with van der Waals surface area (Å²) in [4.78, 5) is 31.6. The summed E-state index contributed by atoms with van der Waals surface area (Å²) in [7, 11) is 0. The van der Waals surface area contributed by atoms with Crippen molar-refractivity contribution in [2.75, 3.05) is 26.2 Å². The van der Waals surface area contributed by atoms with Gasteiger partial charge in [-0.15, -0.1) is 0 Å². The quantitative estimate of drug-likeness (QED) is 0.919. The zero-order chi connectivity index (χ0) is 17.8. The highest BCUT2D eigenvalue weighted by Crippen LogP contribution is 2.16. The maximum atomic E-state index is 12.5. The van der Waals surface area contributed by atoms with Crippen molar-refractivity contribution in [3.63, 3.8) is 0 Å². The van der Waals surface area contributed by atoms with Crippen LogP contribution in [0.25, 0.3) is 0 Å². The molecule has 0 aliphatic carbocycles. The molecular weight excluding hydrogens is 320 g/mol. The molecule has 2 amide bonds. The number of aromatic nitrogens is 2. The van der Waals surface area contributed by atoms with Gasteiger partial charge in [0, 0.05) is 44.4 Å². The Morgan fingerprint density at radius 2 is 1.96 bits per heavy atom. The lowest BCUT2D eigenvalue weighted by atomic mass is 10.1. The lowest BCUT2D eigenvalue weighted by molar-refractivity contribution is -0.131. The summed E-state index contributed by atoms with van der Waals surface area (Å²) in [6.45, 7) is 6.27. The van der Waals surface area contributed by atoms with Gasteiger partial charge in [-0.25, -0.2) is 0 Å². The van der Waals surface area contributed by atoms with Gasteiger partial charge in [0.15, 0.2) is 0 Å². The molecule has 3 heterocycles. The summed E-state index contributed by atoms with van der Waals surface area (Å²) in [5.41, 5.74) is 2.47. The van der Waals surface area contributed by atoms with E-state index in [1.54, 1.807) is 12.3 Å². The second-order valence-corrected chi connectivity index (χ2v) is 6.41. The number of carbonyl (C=O) groups excluding carboxylic acids is 2. The van der Waals surface area contributed by atoms with Gasteiger partial charge in [-0.3, -0.25) is 9.59 Å². The zero-order valence-electron chi connectivity index (χ0n) is 14.7. The van der Waals surface area contributed by atoms with Crippen LogP contribution in [-0.4, -0.2) is 57.9 Å². The van der Waals surface area contributed by atoms with E-state index < -0.39 is 0 Å². The van der Waals surface area contributed by atoms with Crippen LogP contribution >= 0.6 is 0 Å². The summed E-state index contributed by atoms with van der Waals surface area (Å²) >= 11 is 0. The minimum absolute atomic E-state index is 0.00461. The van der Waals surface area contributed by atoms with Crippen molar-refractivity contribution < 1.29 is 14.1 Å². The highest BCUT2D eigenvalue weighted by molar-refractivity contribution is 5.92. The lowest BCUT2D eigenvalue weighted by Gasteiger charge is -2.22. The number of rotatable bonds is 4. The van der Waals surface area contributed by atoms with E-state index >= 15 is 0 Å². The molecule has 0 unspecified atom stereocenters. The number of H-pyrrole nitrogens is 1. The first-order valence-electron chi connectivity index (χ1n) is 8.68. The molecule has 2 aromatic rings. The third-order valence-corrected chi connectivity index (χ3v) is 4.73. The molecule has 7 nitrogen and oxygen atoms in total. The van der Waals surface area contributed by atoms with Crippen LogP contribution in [0.1, 0.15) is 40.3 Å². The van der Waals surface area contributed by atoms with Crippen LogP contribution < -0.4 is 0 Å². The molecule has 0 radical (unpaired) electrons. The number of carbonyl (C=O) groups is 2. The normalized spacial score (nSPS) is 15.3. The Balaban J connectivity index is 1.54. The van der Waals surface area contributed by atoms with Crippen molar-refractivity contribution in [1.82, 2.24) is 19.9 Å². The number of amides is 2. The largest absolute Gasteiger partial charge is 0.361 e. The standard InChI is InChI=1S/C18H24N4O3/c1-13-15(14(2)25-20-13)6-7-17(23)21-9-4-10-22(12-11-21)18(24)16-5-3-8-19-16/h3,5,8,19H,4,6-7,9-12H2,1-2H3. The Morgan fingerprint density at radius 3 is 2.64 bits per heavy atom. The first-order chi connectivity index (χ1) is 12.1. The number of nitrogens with one attached hydrogen (secondary N) is 1. The minimum Gasteiger partial charge on any atom is -0.361 e. The molecule has 3 rings (SSSR count). The van der Waals surface area contributed by atoms with Gasteiger partial charge < -0.3 is 19.3 Å². The van der Waals surface area contributed by atoms with Gasteiger partial charge >= 0.3 is 0 Å². The van der Waals surface area contributed by atoms with Gasteiger partial charge in [0.2, 0.25) is 5.91 Å². The fraction of sp³-hybridized carbons (Fsp3) is 0.500. The number of nitrogens with zero attached hydrogens (tertiary/aromatic N) is 3. The molecule has 7 heteroatoms. The smallest absolute Gasteiger partial charge is 0.270 e. The molecule has 134 valence electrons. The molecule has 0 atom stereocenters. The van der Waals surface area contributed by atoms with Crippen LogP contribution in [0, 0.1) is 13.8 Å². The second kappa shape index (κ2) is 7.55. The topological polar surface area (TPSA) is 82.4 Å². The van der Waals surface area contributed by atoms with Crippen LogP contribution in [0.3, 0.4) is 0 Å². The Bertz CT molecular complexity index is 716. The number of hydrogen-bond acceptors (Lipinski definition) is 4. The Kier molecular flexibility index (Phi) is 5.21. The van der Waals surface area contributed by atoms with Gasteiger partial charge in [-0.05, 0) is 38.8 Å². The van der Waals surface area contributed by atoms with E-state index in [9.17, 15) is 9.59 Å². The second-order valence-electron chi connectivity index (χ2n) is 6.41. The van der Waals surface area contributed by atoms with Gasteiger partial charge in [0.1, 0.15) is 11.5 Å². The van der Waals surface area contributed by atoms with Crippen molar-refractivity contribution in [1.29, 1.82) is 0 Å². The number of hydrogen-bond donors (Lipinski definition) is 1. The Labute approximate surface area is 147 Å². The molecule has 1 fully saturated rings. The van der Waals surface area contributed by atoms with Crippen LogP contribution in [0.15, 0.2) is 22.9 Å². The van der Waals surface area contributed by atoms with E-state index in [1.165, 1.54) is 0 Å². The summed E-state index contributed by atoms with van der Waals surface area (Å²) in [5, 5.41) is 3.93. The van der Waals surface area contributed by atoms with E-state index in [2.05, 4.69) is 10.1 Å². The molecule has 1 aliphatic rings. The summed E-state index contributed by atoms with van der Waals surface area (Å²) < 4.78 is 5.15. The molecule has 0 aromatic carbocycles. The molecule has 0 bridgehead atoms. The first kappa shape index (κ1) is 17.3. The van der Waals surface area contributed by atoms with Gasteiger partial charge in [-0.1, -0.05) is 5.16 Å². The average Bonchev–Trinajstić information content (AvgIpc) is 3.16. The van der Waals surface area contributed by atoms with Crippen molar-refractivity contribution in [2.24, 2.45) is 0 Å². The monoisotopic (exact) mass is 344 g/mol. The van der Waals surface area contributed by atoms with Crippen molar-refractivity contribution in [2.45, 2.75) is 33.1 Å². The fourth-order valence-corrected chi connectivity index (χ4v) is 3.25. The van der Waals surface area contributed by atoms with Crippen molar-refractivity contribution in [3.8, 4) is 0 Å². The highest BCUT2D eigenvalue weighted by atomic mass is 16.5. The maximum absolute atomic E-state index is 12.5. The van der Waals surface area contributed by atoms with Crippen LogP contribution in [-0.2, 0) is 11.2 Å². The van der Waals surface area contributed by atoms with Gasteiger partial charge in [-0.2, -0.15) is 0 Å². The Morgan fingerprint density at radius 1 is 1.20 bits per heavy atom. The predicted octanol–water partition coefficient (Wildman–Crippen LogP) is 1.93. The minimum atomic E-state index is -0.00461. The summed E-state index contributed by atoms with van der Waals surface area (Å²) in [6, 6.07) is 3.59. The van der Waals surface area contributed by atoms with Crippen molar-refractivity contribution in [3.05, 3.63) is 41.0 Å². The third-order valence-electron chi connectivity index (χ3n) is 4.73. The van der Waals surface area contributed by atoms with E-state index in [1.807, 2.05) is 29.7 Å². The zero-order valence-corrected chi connectivity index (χ0v) is 14.7. The molecule has 1 N–H and O–H groups in total. The SMILES string of the molecule is Cc1noc(C)c1CCC(=O)N1CCCN(C(=O)c2ccc[nH]2)CC1. The molecule has 0 saturated carbocycles. The number of aromatic amines is 1. The Hall–Kier alpha value is -2.57. The van der Waals surface area contributed by atoms with Crippen molar-refractivity contribution >= 4 is 11.8 Å². The summed E-state index contributed by atoms with van der Waals surface area (Å²) in [5.74, 6) is 0.896. The third kappa shape index (κ3) is 3.92. The van der Waals surface area contributed by atoms with E-state index in [0.717, 1.165) is 23.4 Å². The average molecular weight is 344 g/mol. The summed E-state index contributed by atoms with van der Waals surface area (Å²) in [6.07, 6.45) is 3.62. The van der Waals surface area contributed by atoms with Crippen LogP contribution in [0.2, 0.25) is 0 Å². The number of aryl methyl sites for hydroxylation is 2. The van der Waals surface area contributed by atoms with Gasteiger partial charge in [0.25, 0.3) is 5.91 Å². The first-order valence-corrected chi connectivity index (χ1v) is 8.68. The molecule has 0 spiro atoms. The highest BCUT2D eigenvalue weighted by Gasteiger charge is 2.23. The van der Waals surface area contributed by atoms with Gasteiger partial charge in [0.05, 0.1) is 5.69 Å². The maximum Gasteiger partial charge on any atom is 0.270 e. The molecular formula is C18H24N4O3. The van der Waals surface area contributed by atoms with E-state index in [0.29, 0.717) is 44.7 Å². The molecule has 1 saturated heterocycles. The van der Waals surface area contributed by atoms with E-state index in [-0.39, 0.29) is 11.8 Å². The van der Waals surface area contributed by atoms with E-state index in [4.69, 9.17) is 4.52 Å². The molecule has 2 aromatic heterocycles.